The van der Waals surface area contributed by atoms with Crippen molar-refractivity contribution in [1.82, 2.24) is 4.90 Å². The smallest absolute Gasteiger partial charge is 0.310 e. The van der Waals surface area contributed by atoms with Gasteiger partial charge in [-0.15, -0.1) is 0 Å². The van der Waals surface area contributed by atoms with Crippen LogP contribution in [0.3, 0.4) is 0 Å². The average Bonchev–Trinajstić information content (AvgIpc) is 3.05. The van der Waals surface area contributed by atoms with Gasteiger partial charge in [-0.3, -0.25) is 9.69 Å². The molecule has 3 unspecified atom stereocenters. The summed E-state index contributed by atoms with van der Waals surface area (Å²) in [5, 5.41) is 9.28. The van der Waals surface area contributed by atoms with E-state index in [1.807, 2.05) is 19.1 Å². The summed E-state index contributed by atoms with van der Waals surface area (Å²) in [5.41, 5.74) is 0. The molecule has 1 aliphatic rings. The third-order valence-corrected chi connectivity index (χ3v) is 3.73. The van der Waals surface area contributed by atoms with Crippen molar-refractivity contribution in [2.75, 3.05) is 19.8 Å². The first-order valence-corrected chi connectivity index (χ1v) is 6.74. The predicted molar refractivity (Wildman–Crippen MR) is 69.9 cm³/mol. The molecule has 1 saturated heterocycles. The summed E-state index contributed by atoms with van der Waals surface area (Å²) in [7, 11) is 0. The molecule has 1 aromatic heterocycles. The Morgan fingerprint density at radius 2 is 2.37 bits per heavy atom. The second-order valence-corrected chi connectivity index (χ2v) is 4.98. The van der Waals surface area contributed by atoms with Gasteiger partial charge in [0.15, 0.2) is 0 Å². The van der Waals surface area contributed by atoms with Gasteiger partial charge in [0.2, 0.25) is 0 Å². The Labute approximate surface area is 113 Å². The summed E-state index contributed by atoms with van der Waals surface area (Å²) in [6.45, 7) is 5.74. The molecule has 1 fully saturated rings. The van der Waals surface area contributed by atoms with Crippen LogP contribution in [0.1, 0.15) is 32.1 Å². The lowest BCUT2D eigenvalue weighted by Gasteiger charge is -2.34. The van der Waals surface area contributed by atoms with E-state index < -0.39 is 11.9 Å². The highest BCUT2D eigenvalue weighted by molar-refractivity contribution is 5.71. The molecule has 1 N–H and O–H groups in total. The van der Waals surface area contributed by atoms with Crippen LogP contribution in [0, 0.1) is 5.92 Å². The van der Waals surface area contributed by atoms with Crippen LogP contribution in [0.25, 0.3) is 0 Å². The van der Waals surface area contributed by atoms with Crippen LogP contribution in [-0.4, -0.2) is 41.8 Å². The molecule has 1 aliphatic heterocycles. The number of hydrogen-bond donors (Lipinski definition) is 1. The number of carboxylic acid groups (broad SMARTS) is 1. The van der Waals surface area contributed by atoms with Crippen LogP contribution in [0.4, 0.5) is 0 Å². The van der Waals surface area contributed by atoms with E-state index in [1.165, 1.54) is 0 Å². The second-order valence-electron chi connectivity index (χ2n) is 4.98. The van der Waals surface area contributed by atoms with Crippen molar-refractivity contribution in [3.63, 3.8) is 0 Å². The number of carboxylic acids is 1. The van der Waals surface area contributed by atoms with Crippen molar-refractivity contribution in [2.45, 2.75) is 32.4 Å². The Morgan fingerprint density at radius 1 is 1.58 bits per heavy atom. The van der Waals surface area contributed by atoms with Crippen LogP contribution >= 0.6 is 0 Å². The van der Waals surface area contributed by atoms with Crippen molar-refractivity contribution in [1.29, 1.82) is 0 Å². The molecule has 106 valence electrons. The Morgan fingerprint density at radius 3 is 2.95 bits per heavy atom. The van der Waals surface area contributed by atoms with E-state index in [9.17, 15) is 9.90 Å². The second kappa shape index (κ2) is 6.21. The van der Waals surface area contributed by atoms with Crippen molar-refractivity contribution in [3.8, 4) is 0 Å². The van der Waals surface area contributed by atoms with E-state index in [0.29, 0.717) is 13.2 Å². The molecule has 0 aromatic carbocycles. The van der Waals surface area contributed by atoms with Crippen LogP contribution < -0.4 is 0 Å². The molecule has 19 heavy (non-hydrogen) atoms. The lowest BCUT2D eigenvalue weighted by Crippen LogP contribution is -2.44. The monoisotopic (exact) mass is 267 g/mol. The minimum atomic E-state index is -0.782. The summed E-state index contributed by atoms with van der Waals surface area (Å²) in [6, 6.07) is 3.76. The zero-order chi connectivity index (χ0) is 13.8. The quantitative estimate of drug-likeness (QED) is 0.855. The van der Waals surface area contributed by atoms with Gasteiger partial charge in [-0.2, -0.15) is 0 Å². The molecule has 0 saturated carbocycles. The standard InChI is InChI=1S/C14H21NO4/c1-3-6-15(10(2)13-5-4-7-19-13)12-9-18-8-11(12)14(16)17/h4-5,7,10-12H,3,6,8-9H2,1-2H3,(H,16,17). The van der Waals surface area contributed by atoms with Gasteiger partial charge in [-0.05, 0) is 32.0 Å². The predicted octanol–water partition coefficient (Wildman–Crippen LogP) is 2.15. The fraction of sp³-hybridized carbons (Fsp3) is 0.643. The molecule has 0 radical (unpaired) electrons. The van der Waals surface area contributed by atoms with Gasteiger partial charge in [0.25, 0.3) is 0 Å². The maximum absolute atomic E-state index is 11.3. The van der Waals surface area contributed by atoms with E-state index in [4.69, 9.17) is 9.15 Å². The highest BCUT2D eigenvalue weighted by Crippen LogP contribution is 2.29. The first-order valence-electron chi connectivity index (χ1n) is 6.74. The molecule has 5 nitrogen and oxygen atoms in total. The average molecular weight is 267 g/mol. The van der Waals surface area contributed by atoms with E-state index in [0.717, 1.165) is 18.7 Å². The van der Waals surface area contributed by atoms with Crippen molar-refractivity contribution in [2.24, 2.45) is 5.92 Å². The SMILES string of the molecule is CCCN(C(C)c1ccco1)C1COCC1C(=O)O. The van der Waals surface area contributed by atoms with Gasteiger partial charge in [0.05, 0.1) is 31.4 Å². The topological polar surface area (TPSA) is 62.9 Å². The van der Waals surface area contributed by atoms with E-state index in [-0.39, 0.29) is 12.1 Å². The molecule has 0 bridgehead atoms. The maximum atomic E-state index is 11.3. The zero-order valence-corrected chi connectivity index (χ0v) is 11.4. The van der Waals surface area contributed by atoms with Gasteiger partial charge in [-0.1, -0.05) is 6.92 Å². The summed E-state index contributed by atoms with van der Waals surface area (Å²) >= 11 is 0. The van der Waals surface area contributed by atoms with E-state index in [2.05, 4.69) is 11.8 Å². The van der Waals surface area contributed by atoms with Crippen molar-refractivity contribution < 1.29 is 19.1 Å². The molecule has 0 spiro atoms. The minimum absolute atomic E-state index is 0.0588. The molecular weight excluding hydrogens is 246 g/mol. The normalized spacial score (nSPS) is 24.8. The van der Waals surface area contributed by atoms with Gasteiger partial charge < -0.3 is 14.3 Å². The largest absolute Gasteiger partial charge is 0.481 e. The molecule has 3 atom stereocenters. The van der Waals surface area contributed by atoms with Gasteiger partial charge >= 0.3 is 5.97 Å². The fourth-order valence-electron chi connectivity index (χ4n) is 2.70. The molecule has 2 heterocycles. The first-order chi connectivity index (χ1) is 9.15. The molecule has 2 rings (SSSR count). The van der Waals surface area contributed by atoms with Crippen LogP contribution in [-0.2, 0) is 9.53 Å². The first kappa shape index (κ1) is 14.1. The summed E-state index contributed by atoms with van der Waals surface area (Å²) in [6.07, 6.45) is 2.61. The molecular formula is C14H21NO4. The van der Waals surface area contributed by atoms with Crippen molar-refractivity contribution >= 4 is 5.97 Å². The summed E-state index contributed by atoms with van der Waals surface area (Å²) < 4.78 is 10.8. The number of carbonyl (C=O) groups is 1. The Kier molecular flexibility index (Phi) is 4.61. The molecule has 0 aliphatic carbocycles. The number of nitrogens with zero attached hydrogens (tertiary/aromatic N) is 1. The van der Waals surface area contributed by atoms with E-state index >= 15 is 0 Å². The van der Waals surface area contributed by atoms with E-state index in [1.54, 1.807) is 6.26 Å². The highest BCUT2D eigenvalue weighted by Gasteiger charge is 2.40. The fourth-order valence-corrected chi connectivity index (χ4v) is 2.70. The van der Waals surface area contributed by atoms with Crippen molar-refractivity contribution in [3.05, 3.63) is 24.2 Å². The number of furan rings is 1. The molecule has 0 amide bonds. The Balaban J connectivity index is 2.17. The highest BCUT2D eigenvalue weighted by atomic mass is 16.5. The third-order valence-electron chi connectivity index (χ3n) is 3.73. The lowest BCUT2D eigenvalue weighted by molar-refractivity contribution is -0.143. The minimum Gasteiger partial charge on any atom is -0.481 e. The number of ether oxygens (including phenoxy) is 1. The van der Waals surface area contributed by atoms with Gasteiger partial charge in [-0.25, -0.2) is 0 Å². The number of aliphatic carboxylic acids is 1. The number of hydrogen-bond acceptors (Lipinski definition) is 4. The van der Waals surface area contributed by atoms with Gasteiger partial charge in [0.1, 0.15) is 5.76 Å². The molecule has 1 aromatic rings. The van der Waals surface area contributed by atoms with Crippen LogP contribution in [0.15, 0.2) is 22.8 Å². The maximum Gasteiger partial charge on any atom is 0.310 e. The summed E-state index contributed by atoms with van der Waals surface area (Å²) in [4.78, 5) is 13.5. The lowest BCUT2D eigenvalue weighted by atomic mass is 10.00. The van der Waals surface area contributed by atoms with Gasteiger partial charge in [0, 0.05) is 6.04 Å². The van der Waals surface area contributed by atoms with Crippen LogP contribution in [0.2, 0.25) is 0 Å². The Bertz CT molecular complexity index is 404. The third kappa shape index (κ3) is 2.98. The Hall–Kier alpha value is -1.33. The zero-order valence-electron chi connectivity index (χ0n) is 11.4. The van der Waals surface area contributed by atoms with Crippen LogP contribution in [0.5, 0.6) is 0 Å². The summed E-state index contributed by atoms with van der Waals surface area (Å²) in [5.74, 6) is -0.372. The number of rotatable bonds is 6. The molecule has 5 heteroatoms.